The van der Waals surface area contributed by atoms with Crippen LogP contribution in [0.4, 0.5) is 0 Å². The van der Waals surface area contributed by atoms with E-state index in [-0.39, 0.29) is 30.0 Å². The van der Waals surface area contributed by atoms with E-state index in [1.165, 1.54) is 6.92 Å². The number of sulfone groups is 1. The molecule has 0 saturated carbocycles. The number of likely N-dealkylation sites (tertiary alicyclic amines) is 1. The number of carbonyl (C=O) groups excluding carboxylic acids is 2. The Morgan fingerprint density at radius 1 is 1.45 bits per heavy atom. The summed E-state index contributed by atoms with van der Waals surface area (Å²) in [6.07, 6.45) is 2.88. The number of carbonyl (C=O) groups is 2. The fourth-order valence-electron chi connectivity index (χ4n) is 2.28. The van der Waals surface area contributed by atoms with Gasteiger partial charge in [0.25, 0.3) is 0 Å². The number of nitrogens with two attached hydrogens (primary N) is 1. The molecule has 1 saturated heterocycles. The van der Waals surface area contributed by atoms with E-state index in [2.05, 4.69) is 5.32 Å². The van der Waals surface area contributed by atoms with Crippen LogP contribution in [0, 0.1) is 0 Å². The van der Waals surface area contributed by atoms with E-state index in [1.807, 2.05) is 0 Å². The first-order valence-electron chi connectivity index (χ1n) is 6.68. The Balaban J connectivity index is 2.51. The molecule has 2 atom stereocenters. The number of hydrogen-bond acceptors (Lipinski definition) is 5. The van der Waals surface area contributed by atoms with Gasteiger partial charge in [0.2, 0.25) is 11.8 Å². The maximum absolute atomic E-state index is 12.1. The molecule has 20 heavy (non-hydrogen) atoms. The van der Waals surface area contributed by atoms with Crippen LogP contribution in [0.5, 0.6) is 0 Å². The first-order chi connectivity index (χ1) is 9.19. The zero-order valence-electron chi connectivity index (χ0n) is 12.0. The molecule has 0 aliphatic carbocycles. The summed E-state index contributed by atoms with van der Waals surface area (Å²) >= 11 is 0. The predicted molar refractivity (Wildman–Crippen MR) is 75.7 cm³/mol. The molecule has 1 rings (SSSR count). The van der Waals surface area contributed by atoms with E-state index in [1.54, 1.807) is 4.90 Å². The van der Waals surface area contributed by atoms with Gasteiger partial charge in [-0.3, -0.25) is 9.59 Å². The Kier molecular flexibility index (Phi) is 5.94. The van der Waals surface area contributed by atoms with Crippen LogP contribution in [0.3, 0.4) is 0 Å². The lowest BCUT2D eigenvalue weighted by Crippen LogP contribution is -2.53. The van der Waals surface area contributed by atoms with Crippen molar-refractivity contribution in [1.29, 1.82) is 0 Å². The standard InChI is InChI=1S/C12H23N3O4S/c1-9(16)14-10-4-3-6-15(8-10)12(17)11(13)5-7-20(2,18)19/h10-11H,3-8,13H2,1-2H3,(H,14,16). The fraction of sp³-hybridized carbons (Fsp3) is 0.833. The summed E-state index contributed by atoms with van der Waals surface area (Å²) in [5, 5.41) is 2.79. The first-order valence-corrected chi connectivity index (χ1v) is 8.74. The topological polar surface area (TPSA) is 110 Å². The van der Waals surface area contributed by atoms with Crippen molar-refractivity contribution < 1.29 is 18.0 Å². The summed E-state index contributed by atoms with van der Waals surface area (Å²) in [5.74, 6) is -0.461. The summed E-state index contributed by atoms with van der Waals surface area (Å²) in [4.78, 5) is 24.8. The number of rotatable bonds is 5. The Bertz CT molecular complexity index is 463. The lowest BCUT2D eigenvalue weighted by Gasteiger charge is -2.34. The van der Waals surface area contributed by atoms with Crippen LogP contribution in [-0.4, -0.2) is 62.3 Å². The van der Waals surface area contributed by atoms with Crippen molar-refractivity contribution in [3.63, 3.8) is 0 Å². The summed E-state index contributed by atoms with van der Waals surface area (Å²) in [7, 11) is -3.12. The molecule has 0 aromatic heterocycles. The zero-order valence-corrected chi connectivity index (χ0v) is 12.8. The Hall–Kier alpha value is -1.15. The van der Waals surface area contributed by atoms with Gasteiger partial charge in [0, 0.05) is 32.3 Å². The summed E-state index contributed by atoms with van der Waals surface area (Å²) in [6.45, 7) is 2.48. The minimum absolute atomic E-state index is 0.0488. The van der Waals surface area contributed by atoms with E-state index >= 15 is 0 Å². The van der Waals surface area contributed by atoms with Crippen LogP contribution in [0.15, 0.2) is 0 Å². The van der Waals surface area contributed by atoms with Gasteiger partial charge < -0.3 is 16.0 Å². The minimum Gasteiger partial charge on any atom is -0.352 e. The average Bonchev–Trinajstić information content (AvgIpc) is 2.33. The zero-order chi connectivity index (χ0) is 15.3. The molecule has 0 aromatic rings. The van der Waals surface area contributed by atoms with Crippen molar-refractivity contribution >= 4 is 21.7 Å². The van der Waals surface area contributed by atoms with Crippen LogP contribution in [-0.2, 0) is 19.4 Å². The molecule has 8 heteroatoms. The molecule has 3 N–H and O–H groups in total. The van der Waals surface area contributed by atoms with Crippen molar-refractivity contribution in [1.82, 2.24) is 10.2 Å². The van der Waals surface area contributed by atoms with Crippen LogP contribution >= 0.6 is 0 Å². The van der Waals surface area contributed by atoms with Gasteiger partial charge in [-0.05, 0) is 19.3 Å². The van der Waals surface area contributed by atoms with Crippen molar-refractivity contribution in [2.75, 3.05) is 25.1 Å². The van der Waals surface area contributed by atoms with Crippen molar-refractivity contribution in [2.24, 2.45) is 5.73 Å². The molecule has 1 aliphatic rings. The highest BCUT2D eigenvalue weighted by molar-refractivity contribution is 7.90. The van der Waals surface area contributed by atoms with E-state index in [9.17, 15) is 18.0 Å². The van der Waals surface area contributed by atoms with Crippen molar-refractivity contribution in [3.05, 3.63) is 0 Å². The molecule has 2 amide bonds. The average molecular weight is 305 g/mol. The number of amides is 2. The van der Waals surface area contributed by atoms with Gasteiger partial charge in [0.05, 0.1) is 11.8 Å². The largest absolute Gasteiger partial charge is 0.352 e. The molecule has 1 aliphatic heterocycles. The van der Waals surface area contributed by atoms with E-state index in [0.29, 0.717) is 13.1 Å². The Morgan fingerprint density at radius 2 is 2.10 bits per heavy atom. The van der Waals surface area contributed by atoms with Gasteiger partial charge in [-0.25, -0.2) is 8.42 Å². The van der Waals surface area contributed by atoms with Crippen LogP contribution in [0.25, 0.3) is 0 Å². The van der Waals surface area contributed by atoms with E-state index in [4.69, 9.17) is 5.73 Å². The van der Waals surface area contributed by atoms with Gasteiger partial charge in [0.15, 0.2) is 0 Å². The minimum atomic E-state index is -3.12. The summed E-state index contributed by atoms with van der Waals surface area (Å²) in [6, 6.07) is -0.854. The predicted octanol–water partition coefficient (Wildman–Crippen LogP) is -1.12. The molecule has 7 nitrogen and oxygen atoms in total. The Morgan fingerprint density at radius 3 is 2.65 bits per heavy atom. The second-order valence-corrected chi connectivity index (χ2v) is 7.61. The number of hydrogen-bond donors (Lipinski definition) is 2. The number of piperidine rings is 1. The molecule has 0 spiro atoms. The monoisotopic (exact) mass is 305 g/mol. The number of nitrogens with one attached hydrogen (secondary N) is 1. The maximum Gasteiger partial charge on any atom is 0.239 e. The SMILES string of the molecule is CC(=O)NC1CCCN(C(=O)C(N)CCS(C)(=O)=O)C1. The van der Waals surface area contributed by atoms with E-state index in [0.717, 1.165) is 19.1 Å². The summed E-state index contributed by atoms with van der Waals surface area (Å²) in [5.41, 5.74) is 5.76. The molecule has 1 fully saturated rings. The lowest BCUT2D eigenvalue weighted by atomic mass is 10.0. The van der Waals surface area contributed by atoms with Gasteiger partial charge in [-0.15, -0.1) is 0 Å². The maximum atomic E-state index is 12.1. The molecular formula is C12H23N3O4S. The molecule has 0 aromatic carbocycles. The van der Waals surface area contributed by atoms with Crippen molar-refractivity contribution in [3.8, 4) is 0 Å². The highest BCUT2D eigenvalue weighted by Crippen LogP contribution is 2.12. The third-order valence-electron chi connectivity index (χ3n) is 3.26. The molecular weight excluding hydrogens is 282 g/mol. The lowest BCUT2D eigenvalue weighted by molar-refractivity contribution is -0.134. The molecule has 0 radical (unpaired) electrons. The van der Waals surface area contributed by atoms with Gasteiger partial charge >= 0.3 is 0 Å². The Labute approximate surface area is 119 Å². The second kappa shape index (κ2) is 7.03. The first kappa shape index (κ1) is 16.9. The third kappa shape index (κ3) is 5.87. The molecule has 0 bridgehead atoms. The van der Waals surface area contributed by atoms with Crippen molar-refractivity contribution in [2.45, 2.75) is 38.3 Å². The van der Waals surface area contributed by atoms with Gasteiger partial charge in [-0.1, -0.05) is 0 Å². The quantitative estimate of drug-likeness (QED) is 0.668. The highest BCUT2D eigenvalue weighted by Gasteiger charge is 2.27. The smallest absolute Gasteiger partial charge is 0.239 e. The van der Waals surface area contributed by atoms with Crippen LogP contribution < -0.4 is 11.1 Å². The summed E-state index contributed by atoms with van der Waals surface area (Å²) < 4.78 is 22.2. The normalized spacial score (nSPS) is 21.4. The van der Waals surface area contributed by atoms with Gasteiger partial charge in [0.1, 0.15) is 9.84 Å². The van der Waals surface area contributed by atoms with Gasteiger partial charge in [-0.2, -0.15) is 0 Å². The fourth-order valence-corrected chi connectivity index (χ4v) is 2.96. The third-order valence-corrected chi connectivity index (χ3v) is 4.23. The second-order valence-electron chi connectivity index (χ2n) is 5.35. The van der Waals surface area contributed by atoms with E-state index < -0.39 is 15.9 Å². The molecule has 116 valence electrons. The van der Waals surface area contributed by atoms with Crippen LogP contribution in [0.1, 0.15) is 26.2 Å². The van der Waals surface area contributed by atoms with Crippen LogP contribution in [0.2, 0.25) is 0 Å². The molecule has 1 heterocycles. The molecule has 2 unspecified atom stereocenters. The number of nitrogens with zero attached hydrogens (tertiary/aromatic N) is 1. The highest BCUT2D eigenvalue weighted by atomic mass is 32.2.